The van der Waals surface area contributed by atoms with Crippen LogP contribution in [0.1, 0.15) is 34.5 Å². The summed E-state index contributed by atoms with van der Waals surface area (Å²) in [5.41, 5.74) is 8.29. The highest BCUT2D eigenvalue weighted by Gasteiger charge is 2.36. The van der Waals surface area contributed by atoms with E-state index in [2.05, 4.69) is 0 Å². The Hall–Kier alpha value is -2.74. The number of nitrogens with zero attached hydrogens (tertiary/aromatic N) is 1. The van der Waals surface area contributed by atoms with E-state index in [0.29, 0.717) is 41.5 Å². The van der Waals surface area contributed by atoms with E-state index in [1.165, 1.54) is 7.11 Å². The Labute approximate surface area is 165 Å². The van der Waals surface area contributed by atoms with Crippen molar-refractivity contribution in [2.45, 2.75) is 19.5 Å². The molecule has 28 heavy (non-hydrogen) atoms. The summed E-state index contributed by atoms with van der Waals surface area (Å²) in [7, 11) is -1.83. The first-order chi connectivity index (χ1) is 13.2. The third-order valence-electron chi connectivity index (χ3n) is 4.71. The van der Waals surface area contributed by atoms with Gasteiger partial charge in [0.15, 0.2) is 11.5 Å². The highest BCUT2D eigenvalue weighted by Crippen LogP contribution is 2.37. The van der Waals surface area contributed by atoms with E-state index >= 15 is 0 Å². The van der Waals surface area contributed by atoms with Crippen molar-refractivity contribution in [3.8, 4) is 11.5 Å². The first kappa shape index (κ1) is 20.0. The summed E-state index contributed by atoms with van der Waals surface area (Å²) in [5, 5.41) is 0. The summed E-state index contributed by atoms with van der Waals surface area (Å²) in [4.78, 5) is 14.6. The van der Waals surface area contributed by atoms with Gasteiger partial charge in [-0.3, -0.25) is 4.79 Å². The molecule has 150 valence electrons. The molecule has 0 unspecified atom stereocenters. The molecule has 1 aliphatic rings. The quantitative estimate of drug-likeness (QED) is 0.712. The maximum atomic E-state index is 13.0. The van der Waals surface area contributed by atoms with E-state index in [0.717, 1.165) is 11.8 Å². The Morgan fingerprint density at radius 1 is 1.21 bits per heavy atom. The SMILES string of the molecule is CCOc1cc([C@H](CS(C)(=O)=O)N2Cc3cccc(N)c3C2=O)ccc1OC. The van der Waals surface area contributed by atoms with E-state index in [1.807, 2.05) is 13.0 Å². The number of carbonyl (C=O) groups excluding carboxylic acids is 1. The van der Waals surface area contributed by atoms with Crippen LogP contribution in [0.4, 0.5) is 5.69 Å². The molecule has 0 radical (unpaired) electrons. The number of benzene rings is 2. The Bertz CT molecular complexity index is 1000. The number of methoxy groups -OCH3 is 1. The van der Waals surface area contributed by atoms with Crippen molar-refractivity contribution >= 4 is 21.4 Å². The normalized spacial score (nSPS) is 14.7. The number of anilines is 1. The number of sulfone groups is 1. The number of nitrogen functional groups attached to an aromatic ring is 1. The van der Waals surface area contributed by atoms with Gasteiger partial charge in [-0.25, -0.2) is 8.42 Å². The molecular formula is C20H24N2O5S. The molecule has 3 rings (SSSR count). The second-order valence-corrected chi connectivity index (χ2v) is 8.95. The van der Waals surface area contributed by atoms with Gasteiger partial charge in [-0.1, -0.05) is 18.2 Å². The van der Waals surface area contributed by atoms with Crippen LogP contribution in [-0.4, -0.2) is 45.0 Å². The molecule has 2 N–H and O–H groups in total. The van der Waals surface area contributed by atoms with Crippen LogP contribution in [0.5, 0.6) is 11.5 Å². The predicted molar refractivity (Wildman–Crippen MR) is 107 cm³/mol. The number of hydrogen-bond acceptors (Lipinski definition) is 6. The van der Waals surface area contributed by atoms with Gasteiger partial charge >= 0.3 is 0 Å². The summed E-state index contributed by atoms with van der Waals surface area (Å²) >= 11 is 0. The first-order valence-electron chi connectivity index (χ1n) is 8.92. The van der Waals surface area contributed by atoms with Gasteiger partial charge in [0.2, 0.25) is 0 Å². The van der Waals surface area contributed by atoms with E-state index in [9.17, 15) is 13.2 Å². The average molecular weight is 404 g/mol. The number of nitrogens with two attached hydrogens (primary N) is 1. The van der Waals surface area contributed by atoms with Crippen molar-refractivity contribution in [1.82, 2.24) is 4.90 Å². The smallest absolute Gasteiger partial charge is 0.257 e. The Balaban J connectivity index is 2.05. The Kier molecular flexibility index (Phi) is 5.51. The van der Waals surface area contributed by atoms with Crippen LogP contribution < -0.4 is 15.2 Å². The summed E-state index contributed by atoms with van der Waals surface area (Å²) in [6, 6.07) is 9.84. The molecule has 0 bridgehead atoms. The molecule has 0 fully saturated rings. The number of fused-ring (bicyclic) bond motifs is 1. The number of amides is 1. The summed E-state index contributed by atoms with van der Waals surface area (Å²) < 4.78 is 35.2. The lowest BCUT2D eigenvalue weighted by Gasteiger charge is -2.28. The number of ether oxygens (including phenoxy) is 2. The number of carbonyl (C=O) groups is 1. The molecule has 0 saturated heterocycles. The summed E-state index contributed by atoms with van der Waals surface area (Å²) in [5.74, 6) is 0.578. The molecule has 1 atom stereocenters. The second-order valence-electron chi connectivity index (χ2n) is 6.77. The molecule has 0 aliphatic carbocycles. The zero-order valence-corrected chi connectivity index (χ0v) is 17.0. The lowest BCUT2D eigenvalue weighted by Crippen LogP contribution is -2.33. The third-order valence-corrected chi connectivity index (χ3v) is 5.63. The Morgan fingerprint density at radius 2 is 1.96 bits per heavy atom. The van der Waals surface area contributed by atoms with Crippen LogP contribution in [0.25, 0.3) is 0 Å². The molecular weight excluding hydrogens is 380 g/mol. The molecule has 7 nitrogen and oxygen atoms in total. The third kappa shape index (κ3) is 3.91. The highest BCUT2D eigenvalue weighted by atomic mass is 32.2. The summed E-state index contributed by atoms with van der Waals surface area (Å²) in [6.07, 6.45) is 1.16. The van der Waals surface area contributed by atoms with E-state index in [4.69, 9.17) is 15.2 Å². The minimum Gasteiger partial charge on any atom is -0.493 e. The van der Waals surface area contributed by atoms with E-state index in [1.54, 1.807) is 35.2 Å². The minimum absolute atomic E-state index is 0.204. The second kappa shape index (κ2) is 7.71. The van der Waals surface area contributed by atoms with Gasteiger partial charge in [0.05, 0.1) is 31.1 Å². The van der Waals surface area contributed by atoms with Crippen molar-refractivity contribution in [2.24, 2.45) is 0 Å². The molecule has 0 spiro atoms. The molecule has 0 aromatic heterocycles. The molecule has 2 aromatic rings. The summed E-state index contributed by atoms with van der Waals surface area (Å²) in [6.45, 7) is 2.58. The fraction of sp³-hybridized carbons (Fsp3) is 0.350. The van der Waals surface area contributed by atoms with Crippen molar-refractivity contribution in [1.29, 1.82) is 0 Å². The molecule has 8 heteroatoms. The number of hydrogen-bond donors (Lipinski definition) is 1. The van der Waals surface area contributed by atoms with Crippen LogP contribution >= 0.6 is 0 Å². The zero-order valence-electron chi connectivity index (χ0n) is 16.1. The molecule has 1 aliphatic heterocycles. The van der Waals surface area contributed by atoms with Gasteiger partial charge in [-0.05, 0) is 36.2 Å². The first-order valence-corrected chi connectivity index (χ1v) is 11.0. The van der Waals surface area contributed by atoms with Gasteiger partial charge in [0.1, 0.15) is 9.84 Å². The van der Waals surface area contributed by atoms with Crippen LogP contribution in [0.15, 0.2) is 36.4 Å². The lowest BCUT2D eigenvalue weighted by molar-refractivity contribution is 0.0719. The zero-order chi connectivity index (χ0) is 20.5. The minimum atomic E-state index is -3.37. The van der Waals surface area contributed by atoms with Crippen molar-refractivity contribution < 1.29 is 22.7 Å². The number of rotatable bonds is 7. The van der Waals surface area contributed by atoms with Crippen molar-refractivity contribution in [2.75, 3.05) is 31.5 Å². The molecule has 0 saturated carbocycles. The molecule has 1 amide bonds. The molecule has 2 aromatic carbocycles. The van der Waals surface area contributed by atoms with Crippen molar-refractivity contribution in [3.63, 3.8) is 0 Å². The topological polar surface area (TPSA) is 98.9 Å². The lowest BCUT2D eigenvalue weighted by atomic mass is 10.1. The van der Waals surface area contributed by atoms with Crippen LogP contribution in [0.2, 0.25) is 0 Å². The van der Waals surface area contributed by atoms with Gasteiger partial charge in [0, 0.05) is 18.5 Å². The monoisotopic (exact) mass is 404 g/mol. The van der Waals surface area contributed by atoms with Crippen LogP contribution in [0.3, 0.4) is 0 Å². The maximum absolute atomic E-state index is 13.0. The van der Waals surface area contributed by atoms with Gasteiger partial charge in [0.25, 0.3) is 5.91 Å². The Morgan fingerprint density at radius 3 is 2.57 bits per heavy atom. The van der Waals surface area contributed by atoms with Crippen LogP contribution in [0, 0.1) is 0 Å². The van der Waals surface area contributed by atoms with E-state index in [-0.39, 0.29) is 11.7 Å². The fourth-order valence-corrected chi connectivity index (χ4v) is 4.43. The highest BCUT2D eigenvalue weighted by molar-refractivity contribution is 7.90. The van der Waals surface area contributed by atoms with Gasteiger partial charge in [-0.2, -0.15) is 0 Å². The largest absolute Gasteiger partial charge is 0.493 e. The standard InChI is InChI=1S/C20H24N2O5S/c1-4-27-18-10-13(8-9-17(18)26-2)16(12-28(3,24)25)22-11-14-6-5-7-15(21)19(14)20(22)23/h5-10,16H,4,11-12,21H2,1-3H3/t16-/m0/s1. The molecule has 1 heterocycles. The van der Waals surface area contributed by atoms with Crippen LogP contribution in [-0.2, 0) is 16.4 Å². The van der Waals surface area contributed by atoms with Gasteiger partial charge < -0.3 is 20.1 Å². The predicted octanol–water partition coefficient (Wildman–Crippen LogP) is 2.42. The van der Waals surface area contributed by atoms with E-state index < -0.39 is 15.9 Å². The average Bonchev–Trinajstić information content (AvgIpc) is 2.97. The van der Waals surface area contributed by atoms with Crippen molar-refractivity contribution in [3.05, 3.63) is 53.1 Å². The van der Waals surface area contributed by atoms with Gasteiger partial charge in [-0.15, -0.1) is 0 Å². The fourth-order valence-electron chi connectivity index (χ4n) is 3.49. The maximum Gasteiger partial charge on any atom is 0.257 e.